The molecule has 0 aliphatic rings. The van der Waals surface area contributed by atoms with E-state index in [4.69, 9.17) is 0 Å². The molecule has 8 heteroatoms. The van der Waals surface area contributed by atoms with Crippen LogP contribution in [-0.2, 0) is 6.18 Å². The zero-order valence-electron chi connectivity index (χ0n) is 10.0. The molecule has 1 rings (SSSR count). The van der Waals surface area contributed by atoms with Crippen LogP contribution in [0.5, 0.6) is 0 Å². The van der Waals surface area contributed by atoms with E-state index in [1.54, 1.807) is 6.92 Å². The predicted octanol–water partition coefficient (Wildman–Crippen LogP) is 1.72. The molecule has 0 fully saturated rings. The normalized spacial score (nSPS) is 13.2. The predicted molar refractivity (Wildman–Crippen MR) is 61.4 cm³/mol. The van der Waals surface area contributed by atoms with Gasteiger partial charge in [0.15, 0.2) is 5.69 Å². The average molecular weight is 264 g/mol. The Balaban J connectivity index is 2.91. The molecular weight excluding hydrogens is 249 g/mol. The Morgan fingerprint density at radius 3 is 2.56 bits per heavy atom. The van der Waals surface area contributed by atoms with Crippen LogP contribution >= 0.6 is 0 Å². The van der Waals surface area contributed by atoms with E-state index in [2.05, 4.69) is 20.6 Å². The van der Waals surface area contributed by atoms with Crippen LogP contribution in [0.2, 0.25) is 0 Å². The van der Waals surface area contributed by atoms with Crippen molar-refractivity contribution in [3.8, 4) is 0 Å². The quantitative estimate of drug-likeness (QED) is 0.755. The fraction of sp³-hybridized carbons (Fsp3) is 0.600. The molecule has 0 radical (unpaired) electrons. The summed E-state index contributed by atoms with van der Waals surface area (Å²) in [5, 5.41) is 14.4. The number of nitrogens with one attached hydrogen (secondary N) is 2. The summed E-state index contributed by atoms with van der Waals surface area (Å²) in [5.41, 5.74) is -1.03. The molecule has 3 N–H and O–H groups in total. The first kappa shape index (κ1) is 14.5. The molecule has 1 aromatic heterocycles. The van der Waals surface area contributed by atoms with E-state index in [1.807, 2.05) is 0 Å². The molecule has 0 amide bonds. The molecule has 18 heavy (non-hydrogen) atoms. The Labute approximate surface area is 102 Å². The Morgan fingerprint density at radius 2 is 2.06 bits per heavy atom. The molecule has 1 atom stereocenters. The molecule has 0 aliphatic heterocycles. The lowest BCUT2D eigenvalue weighted by Gasteiger charge is -2.13. The van der Waals surface area contributed by atoms with Gasteiger partial charge in [-0.2, -0.15) is 18.2 Å². The van der Waals surface area contributed by atoms with Crippen molar-refractivity contribution >= 4 is 11.8 Å². The summed E-state index contributed by atoms with van der Waals surface area (Å²) in [4.78, 5) is 7.15. The monoisotopic (exact) mass is 264 g/mol. The van der Waals surface area contributed by atoms with Crippen molar-refractivity contribution < 1.29 is 18.3 Å². The van der Waals surface area contributed by atoms with Crippen LogP contribution in [0, 0.1) is 0 Å². The lowest BCUT2D eigenvalue weighted by atomic mass is 10.3. The summed E-state index contributed by atoms with van der Waals surface area (Å²) in [6.07, 6.45) is -4.66. The van der Waals surface area contributed by atoms with E-state index in [-0.39, 0.29) is 18.3 Å². The van der Waals surface area contributed by atoms with Gasteiger partial charge in [0, 0.05) is 19.7 Å². The number of aromatic nitrogens is 2. The molecule has 5 nitrogen and oxygen atoms in total. The van der Waals surface area contributed by atoms with Gasteiger partial charge in [-0.1, -0.05) is 6.92 Å². The second kappa shape index (κ2) is 5.85. The van der Waals surface area contributed by atoms with Gasteiger partial charge in [-0.3, -0.25) is 0 Å². The highest BCUT2D eigenvalue weighted by molar-refractivity contribution is 5.42. The molecule has 0 bridgehead atoms. The van der Waals surface area contributed by atoms with Gasteiger partial charge in [0.2, 0.25) is 5.95 Å². The number of nitrogens with zero attached hydrogens (tertiary/aromatic N) is 2. The van der Waals surface area contributed by atoms with Gasteiger partial charge in [0.1, 0.15) is 5.82 Å². The lowest BCUT2D eigenvalue weighted by molar-refractivity contribution is -0.141. The van der Waals surface area contributed by atoms with Crippen molar-refractivity contribution in [3.63, 3.8) is 0 Å². The maximum atomic E-state index is 12.6. The van der Waals surface area contributed by atoms with E-state index < -0.39 is 18.0 Å². The SMILES string of the molecule is CCC(O)CNc1cc(C(F)(F)F)nc(NC)n1. The van der Waals surface area contributed by atoms with Crippen LogP contribution in [0.15, 0.2) is 6.07 Å². The fourth-order valence-electron chi connectivity index (χ4n) is 1.16. The molecular formula is C10H15F3N4O. The van der Waals surface area contributed by atoms with E-state index in [0.29, 0.717) is 6.42 Å². The first-order valence-electron chi connectivity index (χ1n) is 5.42. The summed E-state index contributed by atoms with van der Waals surface area (Å²) in [7, 11) is 1.43. The van der Waals surface area contributed by atoms with Gasteiger partial charge in [-0.15, -0.1) is 0 Å². The maximum absolute atomic E-state index is 12.6. The van der Waals surface area contributed by atoms with Gasteiger partial charge in [0.05, 0.1) is 6.10 Å². The molecule has 102 valence electrons. The van der Waals surface area contributed by atoms with Gasteiger partial charge in [0.25, 0.3) is 0 Å². The average Bonchev–Trinajstić information content (AvgIpc) is 2.34. The smallest absolute Gasteiger partial charge is 0.391 e. The van der Waals surface area contributed by atoms with Crippen LogP contribution in [0.1, 0.15) is 19.0 Å². The van der Waals surface area contributed by atoms with E-state index in [1.165, 1.54) is 7.05 Å². The molecule has 1 unspecified atom stereocenters. The third-order valence-electron chi connectivity index (χ3n) is 2.23. The Morgan fingerprint density at radius 1 is 1.39 bits per heavy atom. The Bertz CT molecular complexity index is 397. The first-order chi connectivity index (χ1) is 8.36. The minimum atomic E-state index is -4.53. The number of alkyl halides is 3. The molecule has 0 aromatic carbocycles. The number of rotatable bonds is 5. The number of hydrogen-bond donors (Lipinski definition) is 3. The van der Waals surface area contributed by atoms with Crippen LogP contribution in [-0.4, -0.2) is 34.8 Å². The van der Waals surface area contributed by atoms with Gasteiger partial charge in [-0.05, 0) is 6.42 Å². The molecule has 1 aromatic rings. The summed E-state index contributed by atoms with van der Waals surface area (Å²) >= 11 is 0. The highest BCUT2D eigenvalue weighted by Crippen LogP contribution is 2.29. The van der Waals surface area contributed by atoms with Crippen LogP contribution in [0.3, 0.4) is 0 Å². The molecule has 1 heterocycles. The van der Waals surface area contributed by atoms with E-state index in [0.717, 1.165) is 6.07 Å². The van der Waals surface area contributed by atoms with E-state index in [9.17, 15) is 18.3 Å². The number of halogens is 3. The Hall–Kier alpha value is -1.57. The zero-order valence-corrected chi connectivity index (χ0v) is 10.0. The minimum absolute atomic E-state index is 0.0224. The van der Waals surface area contributed by atoms with Crippen molar-refractivity contribution in [1.82, 2.24) is 9.97 Å². The van der Waals surface area contributed by atoms with E-state index >= 15 is 0 Å². The first-order valence-corrected chi connectivity index (χ1v) is 5.42. The van der Waals surface area contributed by atoms with Crippen LogP contribution < -0.4 is 10.6 Å². The van der Waals surface area contributed by atoms with Crippen molar-refractivity contribution in [1.29, 1.82) is 0 Å². The van der Waals surface area contributed by atoms with Crippen LogP contribution in [0.25, 0.3) is 0 Å². The third kappa shape index (κ3) is 4.02. The maximum Gasteiger partial charge on any atom is 0.433 e. The molecule has 0 saturated heterocycles. The minimum Gasteiger partial charge on any atom is -0.391 e. The lowest BCUT2D eigenvalue weighted by Crippen LogP contribution is -2.20. The number of anilines is 2. The highest BCUT2D eigenvalue weighted by Gasteiger charge is 2.33. The van der Waals surface area contributed by atoms with Crippen molar-refractivity contribution in [3.05, 3.63) is 11.8 Å². The number of aliphatic hydroxyl groups is 1. The second-order valence-corrected chi connectivity index (χ2v) is 3.65. The third-order valence-corrected chi connectivity index (χ3v) is 2.23. The second-order valence-electron chi connectivity index (χ2n) is 3.65. The standard InChI is InChI=1S/C10H15F3N4O/c1-3-6(18)5-15-8-4-7(10(11,12)13)16-9(14-2)17-8/h4,6,18H,3,5H2,1-2H3,(H2,14,15,16,17). The van der Waals surface area contributed by atoms with Gasteiger partial charge in [-0.25, -0.2) is 4.98 Å². The van der Waals surface area contributed by atoms with Gasteiger partial charge < -0.3 is 15.7 Å². The largest absolute Gasteiger partial charge is 0.433 e. The summed E-state index contributed by atoms with van der Waals surface area (Å²) < 4.78 is 37.7. The number of hydrogen-bond acceptors (Lipinski definition) is 5. The van der Waals surface area contributed by atoms with Crippen molar-refractivity contribution in [2.24, 2.45) is 0 Å². The van der Waals surface area contributed by atoms with Crippen molar-refractivity contribution in [2.75, 3.05) is 24.2 Å². The van der Waals surface area contributed by atoms with Gasteiger partial charge >= 0.3 is 6.18 Å². The molecule has 0 aliphatic carbocycles. The van der Waals surface area contributed by atoms with Crippen molar-refractivity contribution in [2.45, 2.75) is 25.6 Å². The number of aliphatic hydroxyl groups excluding tert-OH is 1. The summed E-state index contributed by atoms with van der Waals surface area (Å²) in [5.74, 6) is -0.104. The van der Waals surface area contributed by atoms with Crippen LogP contribution in [0.4, 0.5) is 24.9 Å². The Kier molecular flexibility index (Phi) is 4.71. The fourth-order valence-corrected chi connectivity index (χ4v) is 1.16. The molecule has 0 saturated carbocycles. The molecule has 0 spiro atoms. The summed E-state index contributed by atoms with van der Waals surface area (Å²) in [6, 6.07) is 0.809. The summed E-state index contributed by atoms with van der Waals surface area (Å²) in [6.45, 7) is 1.90. The highest BCUT2D eigenvalue weighted by atomic mass is 19.4. The zero-order chi connectivity index (χ0) is 13.8. The topological polar surface area (TPSA) is 70.1 Å².